The van der Waals surface area contributed by atoms with E-state index in [-0.39, 0.29) is 5.60 Å². The minimum Gasteiger partial charge on any atom is -0.372 e. The number of hydrogen-bond donors (Lipinski definition) is 1. The predicted molar refractivity (Wildman–Crippen MR) is 88.6 cm³/mol. The van der Waals surface area contributed by atoms with Crippen molar-refractivity contribution in [3.05, 3.63) is 10.9 Å². The topological polar surface area (TPSA) is 50.3 Å². The molecular formula is C15H22N4OS. The normalized spacial score (nSPS) is 18.2. The first kappa shape index (κ1) is 14.5. The largest absolute Gasteiger partial charge is 0.372 e. The smallest absolute Gasteiger partial charge is 0.226 e. The number of rotatable bonds is 3. The SMILES string of the molecule is CCNc1nc(N2CCOC(C)(C)C2)c2cc(C)sc2n1. The molecule has 6 heteroatoms. The number of aromatic nitrogens is 2. The van der Waals surface area contributed by atoms with E-state index in [1.807, 2.05) is 0 Å². The summed E-state index contributed by atoms with van der Waals surface area (Å²) in [5.74, 6) is 1.74. The van der Waals surface area contributed by atoms with Gasteiger partial charge in [0.15, 0.2) is 0 Å². The molecule has 2 aromatic rings. The second-order valence-corrected chi connectivity index (χ2v) is 7.24. The van der Waals surface area contributed by atoms with Crippen LogP contribution in [0.1, 0.15) is 25.6 Å². The van der Waals surface area contributed by atoms with Crippen LogP contribution in [0, 0.1) is 6.92 Å². The number of ether oxygens (including phenoxy) is 1. The lowest BCUT2D eigenvalue weighted by atomic mass is 10.1. The van der Waals surface area contributed by atoms with Crippen molar-refractivity contribution in [2.24, 2.45) is 0 Å². The zero-order chi connectivity index (χ0) is 15.0. The van der Waals surface area contributed by atoms with Crippen LogP contribution in [0.2, 0.25) is 0 Å². The lowest BCUT2D eigenvalue weighted by molar-refractivity contribution is -0.0278. The van der Waals surface area contributed by atoms with Crippen molar-refractivity contribution >= 4 is 33.3 Å². The average Bonchev–Trinajstić information content (AvgIpc) is 2.77. The number of nitrogens with one attached hydrogen (secondary N) is 1. The van der Waals surface area contributed by atoms with Gasteiger partial charge >= 0.3 is 0 Å². The van der Waals surface area contributed by atoms with E-state index in [1.54, 1.807) is 11.3 Å². The predicted octanol–water partition coefficient (Wildman–Crippen LogP) is 3.05. The van der Waals surface area contributed by atoms with Crippen LogP contribution in [0.4, 0.5) is 11.8 Å². The highest BCUT2D eigenvalue weighted by Crippen LogP contribution is 2.33. The van der Waals surface area contributed by atoms with Gasteiger partial charge in [-0.3, -0.25) is 0 Å². The van der Waals surface area contributed by atoms with Gasteiger partial charge in [0.25, 0.3) is 0 Å². The number of morpholine rings is 1. The maximum atomic E-state index is 5.81. The van der Waals surface area contributed by atoms with Crippen molar-refractivity contribution < 1.29 is 4.74 Å². The molecule has 1 aliphatic rings. The minimum absolute atomic E-state index is 0.140. The van der Waals surface area contributed by atoms with E-state index in [1.165, 1.54) is 4.88 Å². The zero-order valence-corrected chi connectivity index (χ0v) is 13.9. The van der Waals surface area contributed by atoms with E-state index in [9.17, 15) is 0 Å². The summed E-state index contributed by atoms with van der Waals surface area (Å²) in [6.07, 6.45) is 0. The summed E-state index contributed by atoms with van der Waals surface area (Å²) in [7, 11) is 0. The lowest BCUT2D eigenvalue weighted by Crippen LogP contribution is -2.48. The monoisotopic (exact) mass is 306 g/mol. The van der Waals surface area contributed by atoms with E-state index in [4.69, 9.17) is 9.72 Å². The molecule has 0 unspecified atom stereocenters. The highest BCUT2D eigenvalue weighted by Gasteiger charge is 2.29. The molecule has 0 atom stereocenters. The molecule has 3 rings (SSSR count). The van der Waals surface area contributed by atoms with Gasteiger partial charge in [0, 0.05) is 24.5 Å². The number of fused-ring (bicyclic) bond motifs is 1. The molecule has 0 aliphatic carbocycles. The molecule has 0 amide bonds. The van der Waals surface area contributed by atoms with Crippen LogP contribution < -0.4 is 10.2 Å². The second-order valence-electron chi connectivity index (χ2n) is 6.01. The maximum Gasteiger partial charge on any atom is 0.226 e. The van der Waals surface area contributed by atoms with E-state index >= 15 is 0 Å². The van der Waals surface area contributed by atoms with Gasteiger partial charge in [-0.1, -0.05) is 0 Å². The first-order chi connectivity index (χ1) is 9.98. The van der Waals surface area contributed by atoms with Gasteiger partial charge < -0.3 is 15.0 Å². The van der Waals surface area contributed by atoms with Crippen LogP contribution in [0.25, 0.3) is 10.2 Å². The van der Waals surface area contributed by atoms with Crippen LogP contribution in [-0.4, -0.2) is 41.8 Å². The summed E-state index contributed by atoms with van der Waals surface area (Å²) < 4.78 is 5.81. The summed E-state index contributed by atoms with van der Waals surface area (Å²) >= 11 is 1.72. The highest BCUT2D eigenvalue weighted by molar-refractivity contribution is 7.18. The fraction of sp³-hybridized carbons (Fsp3) is 0.600. The molecule has 2 aromatic heterocycles. The quantitative estimate of drug-likeness (QED) is 0.944. The van der Waals surface area contributed by atoms with E-state index in [0.29, 0.717) is 5.95 Å². The molecule has 3 heterocycles. The Kier molecular flexibility index (Phi) is 3.75. The molecule has 1 fully saturated rings. The molecule has 0 radical (unpaired) electrons. The van der Waals surface area contributed by atoms with Gasteiger partial charge in [-0.05, 0) is 33.8 Å². The summed E-state index contributed by atoms with van der Waals surface area (Å²) in [6.45, 7) is 11.7. The molecule has 0 spiro atoms. The third kappa shape index (κ3) is 2.96. The van der Waals surface area contributed by atoms with Crippen LogP contribution in [0.5, 0.6) is 0 Å². The van der Waals surface area contributed by atoms with Crippen molar-refractivity contribution in [1.29, 1.82) is 0 Å². The van der Waals surface area contributed by atoms with E-state index in [0.717, 1.165) is 42.3 Å². The van der Waals surface area contributed by atoms with E-state index in [2.05, 4.69) is 49.0 Å². The van der Waals surface area contributed by atoms with Gasteiger partial charge in [-0.25, -0.2) is 4.98 Å². The molecular weight excluding hydrogens is 284 g/mol. The van der Waals surface area contributed by atoms with E-state index < -0.39 is 0 Å². The number of nitrogens with zero attached hydrogens (tertiary/aromatic N) is 3. The van der Waals surface area contributed by atoms with Crippen molar-refractivity contribution in [3.63, 3.8) is 0 Å². The standard InChI is InChI=1S/C15H22N4OS/c1-5-16-14-17-12(11-8-10(2)21-13(11)18-14)19-6-7-20-15(3,4)9-19/h8H,5-7,9H2,1-4H3,(H,16,17,18). The summed E-state index contributed by atoms with van der Waals surface area (Å²) in [6, 6.07) is 2.19. The fourth-order valence-electron chi connectivity index (χ4n) is 2.70. The summed E-state index contributed by atoms with van der Waals surface area (Å²) in [5, 5.41) is 4.39. The van der Waals surface area contributed by atoms with Gasteiger partial charge in [0.1, 0.15) is 10.6 Å². The number of thiophene rings is 1. The molecule has 0 bridgehead atoms. The Labute approximate surface area is 129 Å². The molecule has 1 N–H and O–H groups in total. The van der Waals surface area contributed by atoms with Crippen molar-refractivity contribution in [2.75, 3.05) is 36.5 Å². The second kappa shape index (κ2) is 5.42. The van der Waals surface area contributed by atoms with Gasteiger partial charge in [-0.15, -0.1) is 11.3 Å². The highest BCUT2D eigenvalue weighted by atomic mass is 32.1. The first-order valence-electron chi connectivity index (χ1n) is 7.39. The van der Waals surface area contributed by atoms with Crippen LogP contribution in [0.15, 0.2) is 6.07 Å². The van der Waals surface area contributed by atoms with Crippen LogP contribution in [-0.2, 0) is 4.74 Å². The molecule has 5 nitrogen and oxygen atoms in total. The van der Waals surface area contributed by atoms with Gasteiger partial charge in [0.2, 0.25) is 5.95 Å². The molecule has 0 saturated carbocycles. The molecule has 21 heavy (non-hydrogen) atoms. The number of hydrogen-bond acceptors (Lipinski definition) is 6. The Morgan fingerprint density at radius 2 is 2.24 bits per heavy atom. The Bertz CT molecular complexity index is 652. The van der Waals surface area contributed by atoms with Crippen molar-refractivity contribution in [1.82, 2.24) is 9.97 Å². The van der Waals surface area contributed by atoms with Crippen molar-refractivity contribution in [2.45, 2.75) is 33.3 Å². The first-order valence-corrected chi connectivity index (χ1v) is 8.21. The average molecular weight is 306 g/mol. The third-order valence-corrected chi connectivity index (χ3v) is 4.50. The Morgan fingerprint density at radius 3 is 2.95 bits per heavy atom. The minimum atomic E-state index is -0.140. The Morgan fingerprint density at radius 1 is 1.43 bits per heavy atom. The van der Waals surface area contributed by atoms with Crippen LogP contribution >= 0.6 is 11.3 Å². The number of aryl methyl sites for hydroxylation is 1. The molecule has 114 valence electrons. The third-order valence-electron chi connectivity index (χ3n) is 3.56. The summed E-state index contributed by atoms with van der Waals surface area (Å²) in [5.41, 5.74) is -0.140. The van der Waals surface area contributed by atoms with Crippen molar-refractivity contribution in [3.8, 4) is 0 Å². The Balaban J connectivity index is 2.06. The lowest BCUT2D eigenvalue weighted by Gasteiger charge is -2.39. The fourth-order valence-corrected chi connectivity index (χ4v) is 3.58. The number of anilines is 2. The van der Waals surface area contributed by atoms with Gasteiger partial charge in [0.05, 0.1) is 17.6 Å². The summed E-state index contributed by atoms with van der Waals surface area (Å²) in [4.78, 5) is 14.0. The zero-order valence-electron chi connectivity index (χ0n) is 13.1. The maximum absolute atomic E-state index is 5.81. The van der Waals surface area contributed by atoms with Crippen LogP contribution in [0.3, 0.4) is 0 Å². The molecule has 0 aromatic carbocycles. The Hall–Kier alpha value is -1.40. The molecule has 1 saturated heterocycles. The molecule has 1 aliphatic heterocycles. The van der Waals surface area contributed by atoms with Gasteiger partial charge in [-0.2, -0.15) is 4.98 Å².